The third-order valence-corrected chi connectivity index (χ3v) is 6.40. The van der Waals surface area contributed by atoms with E-state index in [0.717, 1.165) is 35.5 Å². The Bertz CT molecular complexity index is 812. The van der Waals surface area contributed by atoms with Crippen molar-refractivity contribution >= 4 is 23.2 Å². The van der Waals surface area contributed by atoms with Gasteiger partial charge in [0.1, 0.15) is 5.01 Å². The molecule has 0 radical (unpaired) electrons. The van der Waals surface area contributed by atoms with Crippen LogP contribution >= 0.6 is 11.3 Å². The van der Waals surface area contributed by atoms with Crippen LogP contribution in [0, 0.1) is 5.92 Å². The first-order chi connectivity index (χ1) is 12.6. The van der Waals surface area contributed by atoms with Crippen LogP contribution in [0.3, 0.4) is 0 Å². The van der Waals surface area contributed by atoms with Crippen molar-refractivity contribution in [2.45, 2.75) is 26.2 Å². The summed E-state index contributed by atoms with van der Waals surface area (Å²) in [5, 5.41) is 0.992. The van der Waals surface area contributed by atoms with E-state index in [-0.39, 0.29) is 17.7 Å². The van der Waals surface area contributed by atoms with E-state index >= 15 is 0 Å². The quantitative estimate of drug-likeness (QED) is 0.811. The van der Waals surface area contributed by atoms with E-state index in [2.05, 4.69) is 4.98 Å². The van der Waals surface area contributed by atoms with Gasteiger partial charge in [-0.05, 0) is 31.4 Å². The Morgan fingerprint density at radius 3 is 2.65 bits per heavy atom. The van der Waals surface area contributed by atoms with E-state index in [9.17, 15) is 9.59 Å². The normalized spacial score (nSPS) is 20.0. The summed E-state index contributed by atoms with van der Waals surface area (Å²) in [7, 11) is 0. The molecular weight excluding hydrogens is 348 g/mol. The van der Waals surface area contributed by atoms with Gasteiger partial charge < -0.3 is 9.80 Å². The molecule has 136 valence electrons. The van der Waals surface area contributed by atoms with Crippen LogP contribution in [0.25, 0.3) is 10.6 Å². The number of aromatic nitrogens is 2. The summed E-state index contributed by atoms with van der Waals surface area (Å²) in [5.41, 5.74) is 2.18. The molecule has 6 nitrogen and oxygen atoms in total. The Kier molecular flexibility index (Phi) is 4.72. The van der Waals surface area contributed by atoms with Gasteiger partial charge in [0, 0.05) is 61.9 Å². The average Bonchev–Trinajstić information content (AvgIpc) is 3.11. The van der Waals surface area contributed by atoms with Crippen LogP contribution < -0.4 is 0 Å². The molecule has 1 aliphatic heterocycles. The van der Waals surface area contributed by atoms with Crippen molar-refractivity contribution in [1.82, 2.24) is 19.8 Å². The number of carbonyl (C=O) groups excluding carboxylic acids is 2. The minimum absolute atomic E-state index is 0.0357. The molecule has 0 aromatic carbocycles. The molecular formula is C19H22N4O2S. The van der Waals surface area contributed by atoms with Gasteiger partial charge in [-0.15, -0.1) is 11.3 Å². The third kappa shape index (κ3) is 3.35. The minimum atomic E-state index is 0.0357. The topological polar surface area (TPSA) is 66.4 Å². The molecule has 0 N–H and O–H groups in total. The number of carbonyl (C=O) groups is 2. The molecule has 26 heavy (non-hydrogen) atoms. The molecule has 2 aromatic rings. The van der Waals surface area contributed by atoms with Crippen LogP contribution in [0.5, 0.6) is 0 Å². The largest absolute Gasteiger partial charge is 0.339 e. The summed E-state index contributed by atoms with van der Waals surface area (Å²) in [6.07, 6.45) is 6.09. The molecule has 1 fully saturated rings. The molecule has 2 aromatic heterocycles. The van der Waals surface area contributed by atoms with Gasteiger partial charge >= 0.3 is 0 Å². The Morgan fingerprint density at radius 1 is 1.19 bits per heavy atom. The first-order valence-corrected chi connectivity index (χ1v) is 9.87. The monoisotopic (exact) mass is 370 g/mol. The molecule has 7 heteroatoms. The van der Waals surface area contributed by atoms with E-state index in [1.165, 1.54) is 4.88 Å². The highest BCUT2D eigenvalue weighted by atomic mass is 32.1. The van der Waals surface area contributed by atoms with Gasteiger partial charge in [-0.25, -0.2) is 4.98 Å². The Hall–Kier alpha value is -2.28. The lowest BCUT2D eigenvalue weighted by Crippen LogP contribution is -2.51. The SMILES string of the molecule is CC(=O)N1CCN(C(=O)C2CCc3nc(-c4cccnc4)sc3C2)CC1. The molecule has 1 saturated heterocycles. The number of aryl methyl sites for hydroxylation is 1. The first-order valence-electron chi connectivity index (χ1n) is 9.05. The fourth-order valence-electron chi connectivity index (χ4n) is 3.70. The maximum Gasteiger partial charge on any atom is 0.226 e. The lowest BCUT2D eigenvalue weighted by atomic mass is 9.90. The maximum atomic E-state index is 12.9. The second-order valence-electron chi connectivity index (χ2n) is 6.90. The second-order valence-corrected chi connectivity index (χ2v) is 7.99. The van der Waals surface area contributed by atoms with Crippen molar-refractivity contribution in [3.8, 4) is 10.6 Å². The van der Waals surface area contributed by atoms with E-state index in [1.807, 2.05) is 28.1 Å². The Labute approximate surface area is 156 Å². The molecule has 1 atom stereocenters. The van der Waals surface area contributed by atoms with Gasteiger partial charge in [0.05, 0.1) is 5.69 Å². The zero-order valence-electron chi connectivity index (χ0n) is 14.9. The number of rotatable bonds is 2. The number of hydrogen-bond donors (Lipinski definition) is 0. The molecule has 0 bridgehead atoms. The fraction of sp³-hybridized carbons (Fsp3) is 0.474. The molecule has 2 amide bonds. The zero-order chi connectivity index (χ0) is 18.1. The third-order valence-electron chi connectivity index (χ3n) is 5.23. The average molecular weight is 370 g/mol. The summed E-state index contributed by atoms with van der Waals surface area (Å²) in [6.45, 7) is 4.16. The molecule has 0 saturated carbocycles. The van der Waals surface area contributed by atoms with Crippen molar-refractivity contribution in [1.29, 1.82) is 0 Å². The van der Waals surface area contributed by atoms with Crippen LogP contribution in [0.2, 0.25) is 0 Å². The van der Waals surface area contributed by atoms with Crippen LogP contribution in [0.1, 0.15) is 23.9 Å². The van der Waals surface area contributed by atoms with Crippen molar-refractivity contribution in [3.05, 3.63) is 35.1 Å². The van der Waals surface area contributed by atoms with E-state index in [0.29, 0.717) is 26.2 Å². The fourth-order valence-corrected chi connectivity index (χ4v) is 4.88. The number of hydrogen-bond acceptors (Lipinski definition) is 5. The van der Waals surface area contributed by atoms with Gasteiger partial charge in [-0.3, -0.25) is 14.6 Å². The molecule has 3 heterocycles. The van der Waals surface area contributed by atoms with Crippen LogP contribution in [-0.2, 0) is 22.4 Å². The summed E-state index contributed by atoms with van der Waals surface area (Å²) < 4.78 is 0. The van der Waals surface area contributed by atoms with Crippen molar-refractivity contribution < 1.29 is 9.59 Å². The van der Waals surface area contributed by atoms with Crippen molar-refractivity contribution in [3.63, 3.8) is 0 Å². The van der Waals surface area contributed by atoms with Gasteiger partial charge in [-0.2, -0.15) is 0 Å². The number of pyridine rings is 1. The lowest BCUT2D eigenvalue weighted by molar-refractivity contribution is -0.141. The number of nitrogens with zero attached hydrogens (tertiary/aromatic N) is 4. The number of thiazole rings is 1. The van der Waals surface area contributed by atoms with Crippen molar-refractivity contribution in [2.75, 3.05) is 26.2 Å². The second kappa shape index (κ2) is 7.15. The van der Waals surface area contributed by atoms with E-state index in [1.54, 1.807) is 24.5 Å². The summed E-state index contributed by atoms with van der Waals surface area (Å²) in [6, 6.07) is 3.94. The smallest absolute Gasteiger partial charge is 0.226 e. The predicted octanol–water partition coefficient (Wildman–Crippen LogP) is 2.00. The number of amides is 2. The summed E-state index contributed by atoms with van der Waals surface area (Å²) >= 11 is 1.69. The van der Waals surface area contributed by atoms with Crippen LogP contribution in [0.4, 0.5) is 0 Å². The van der Waals surface area contributed by atoms with Gasteiger partial charge in [-0.1, -0.05) is 0 Å². The molecule has 0 spiro atoms. The zero-order valence-corrected chi connectivity index (χ0v) is 15.7. The van der Waals surface area contributed by atoms with Crippen LogP contribution in [0.15, 0.2) is 24.5 Å². The van der Waals surface area contributed by atoms with Gasteiger partial charge in [0.2, 0.25) is 11.8 Å². The molecule has 4 rings (SSSR count). The highest BCUT2D eigenvalue weighted by Crippen LogP contribution is 2.35. The molecule has 1 aliphatic carbocycles. The molecule has 2 aliphatic rings. The first kappa shape index (κ1) is 17.1. The highest BCUT2D eigenvalue weighted by Gasteiger charge is 2.32. The number of fused-ring (bicyclic) bond motifs is 1. The van der Waals surface area contributed by atoms with Gasteiger partial charge in [0.15, 0.2) is 0 Å². The Balaban J connectivity index is 1.43. The van der Waals surface area contributed by atoms with Crippen LogP contribution in [-0.4, -0.2) is 57.8 Å². The highest BCUT2D eigenvalue weighted by molar-refractivity contribution is 7.15. The maximum absolute atomic E-state index is 12.9. The minimum Gasteiger partial charge on any atom is -0.339 e. The summed E-state index contributed by atoms with van der Waals surface area (Å²) in [4.78, 5) is 38.3. The summed E-state index contributed by atoms with van der Waals surface area (Å²) in [5.74, 6) is 0.357. The standard InChI is InChI=1S/C19H22N4O2S/c1-13(24)22-7-9-23(10-8-22)19(25)14-4-5-16-17(11-14)26-18(21-16)15-3-2-6-20-12-15/h2-3,6,12,14H,4-5,7-11H2,1H3. The van der Waals surface area contributed by atoms with E-state index in [4.69, 9.17) is 4.98 Å². The van der Waals surface area contributed by atoms with Gasteiger partial charge in [0.25, 0.3) is 0 Å². The Morgan fingerprint density at radius 2 is 1.96 bits per heavy atom. The lowest BCUT2D eigenvalue weighted by Gasteiger charge is -2.36. The van der Waals surface area contributed by atoms with E-state index < -0.39 is 0 Å². The van der Waals surface area contributed by atoms with Crippen molar-refractivity contribution in [2.24, 2.45) is 5.92 Å². The molecule has 1 unspecified atom stereocenters. The predicted molar refractivity (Wildman–Crippen MR) is 99.7 cm³/mol. The number of piperazine rings is 1.